The number of aromatic nitrogens is 3. The molecule has 0 aliphatic heterocycles. The fourth-order valence-electron chi connectivity index (χ4n) is 2.65. The Kier molecular flexibility index (Phi) is 6.79. The summed E-state index contributed by atoms with van der Waals surface area (Å²) in [7, 11) is 0. The molecule has 1 aromatic carbocycles. The quantitative estimate of drug-likeness (QED) is 0.349. The number of nitrogens with one attached hydrogen (secondary N) is 1. The van der Waals surface area contributed by atoms with Crippen LogP contribution in [0.1, 0.15) is 11.3 Å². The van der Waals surface area contributed by atoms with Crippen LogP contribution in [0.15, 0.2) is 58.9 Å². The predicted octanol–water partition coefficient (Wildman–Crippen LogP) is 5.70. The fraction of sp³-hybridized carbons (Fsp3) is 0.143. The van der Waals surface area contributed by atoms with Crippen LogP contribution in [0.25, 0.3) is 20.5 Å². The van der Waals surface area contributed by atoms with Gasteiger partial charge in [-0.3, -0.25) is 4.79 Å². The van der Waals surface area contributed by atoms with E-state index in [-0.39, 0.29) is 11.7 Å². The minimum absolute atomic E-state index is 0.0558. The van der Waals surface area contributed by atoms with Gasteiger partial charge in [0, 0.05) is 11.6 Å². The van der Waals surface area contributed by atoms with Crippen molar-refractivity contribution in [2.24, 2.45) is 0 Å². The monoisotopic (exact) mass is 472 g/mol. The van der Waals surface area contributed by atoms with E-state index in [4.69, 9.17) is 11.6 Å². The highest BCUT2D eigenvalue weighted by molar-refractivity contribution is 7.99. The van der Waals surface area contributed by atoms with Gasteiger partial charge in [0.15, 0.2) is 0 Å². The van der Waals surface area contributed by atoms with Gasteiger partial charge in [0.2, 0.25) is 5.91 Å². The molecule has 0 saturated carbocycles. The summed E-state index contributed by atoms with van der Waals surface area (Å²) in [5, 5.41) is 15.9. The lowest BCUT2D eigenvalue weighted by Crippen LogP contribution is -2.24. The first-order valence-corrected chi connectivity index (χ1v) is 12.1. The number of amides is 1. The molecular formula is C21H17ClN4OS3. The maximum atomic E-state index is 12.1. The average molecular weight is 473 g/mol. The summed E-state index contributed by atoms with van der Waals surface area (Å²) in [6.45, 7) is 2.46. The molecule has 4 rings (SSSR count). The summed E-state index contributed by atoms with van der Waals surface area (Å²) < 4.78 is 0. The van der Waals surface area contributed by atoms with Crippen LogP contribution >= 0.6 is 46.0 Å². The molecule has 0 saturated heterocycles. The molecule has 1 amide bonds. The Balaban J connectivity index is 1.33. The predicted molar refractivity (Wildman–Crippen MR) is 125 cm³/mol. The van der Waals surface area contributed by atoms with Crippen molar-refractivity contribution in [3.05, 3.63) is 70.2 Å². The molecule has 5 nitrogen and oxygen atoms in total. The molecule has 0 spiro atoms. The third-order valence-corrected chi connectivity index (χ3v) is 7.55. The molecule has 0 radical (unpaired) electrons. The highest BCUT2D eigenvalue weighted by atomic mass is 35.5. The van der Waals surface area contributed by atoms with Gasteiger partial charge in [0.1, 0.15) is 15.7 Å². The van der Waals surface area contributed by atoms with Gasteiger partial charge in [-0.15, -0.1) is 32.9 Å². The summed E-state index contributed by atoms with van der Waals surface area (Å²) in [6.07, 6.45) is 0. The average Bonchev–Trinajstić information content (AvgIpc) is 3.42. The molecule has 0 unspecified atom stereocenters. The molecule has 4 aromatic rings. The number of rotatable bonds is 7. The number of thiophene rings is 1. The van der Waals surface area contributed by atoms with Gasteiger partial charge in [0.05, 0.1) is 21.2 Å². The Bertz CT molecular complexity index is 1130. The minimum atomic E-state index is -0.0558. The van der Waals surface area contributed by atoms with E-state index in [1.807, 2.05) is 54.8 Å². The summed E-state index contributed by atoms with van der Waals surface area (Å²) in [5.74, 6) is 0.226. The van der Waals surface area contributed by atoms with Crippen LogP contribution in [0, 0.1) is 6.92 Å². The van der Waals surface area contributed by atoms with E-state index in [1.165, 1.54) is 11.8 Å². The van der Waals surface area contributed by atoms with Crippen LogP contribution < -0.4 is 5.32 Å². The zero-order valence-corrected chi connectivity index (χ0v) is 19.2. The van der Waals surface area contributed by atoms with Crippen LogP contribution in [0.3, 0.4) is 0 Å². The lowest BCUT2D eigenvalue weighted by molar-refractivity contribution is -0.118. The normalized spacial score (nSPS) is 10.9. The van der Waals surface area contributed by atoms with Crippen LogP contribution in [-0.4, -0.2) is 26.8 Å². The van der Waals surface area contributed by atoms with E-state index in [0.717, 1.165) is 31.7 Å². The second-order valence-electron chi connectivity index (χ2n) is 6.36. The first kappa shape index (κ1) is 21.0. The van der Waals surface area contributed by atoms with Gasteiger partial charge in [-0.1, -0.05) is 41.6 Å². The molecule has 0 aliphatic carbocycles. The molecule has 0 aliphatic rings. The van der Waals surface area contributed by atoms with E-state index in [9.17, 15) is 4.79 Å². The van der Waals surface area contributed by atoms with Gasteiger partial charge in [-0.25, -0.2) is 4.98 Å². The zero-order chi connectivity index (χ0) is 20.9. The Morgan fingerprint density at radius 2 is 1.97 bits per heavy atom. The zero-order valence-electron chi connectivity index (χ0n) is 16.0. The number of thiazole rings is 1. The molecule has 152 valence electrons. The third-order valence-electron chi connectivity index (χ3n) is 4.16. The summed E-state index contributed by atoms with van der Waals surface area (Å²) in [4.78, 5) is 18.9. The van der Waals surface area contributed by atoms with Gasteiger partial charge in [0.25, 0.3) is 0 Å². The second-order valence-corrected chi connectivity index (χ2v) is 9.74. The molecule has 9 heteroatoms. The Morgan fingerprint density at radius 1 is 1.13 bits per heavy atom. The van der Waals surface area contributed by atoms with Crippen molar-refractivity contribution >= 4 is 51.9 Å². The number of nitrogens with zero attached hydrogens (tertiary/aromatic N) is 3. The Hall–Kier alpha value is -2.26. The molecule has 1 N–H and O–H groups in total. The first-order valence-electron chi connectivity index (χ1n) is 9.08. The van der Waals surface area contributed by atoms with Crippen molar-refractivity contribution in [2.75, 3.05) is 5.75 Å². The molecule has 3 heterocycles. The summed E-state index contributed by atoms with van der Waals surface area (Å²) in [6, 6.07) is 15.3. The van der Waals surface area contributed by atoms with E-state index in [2.05, 4.69) is 26.6 Å². The molecule has 0 fully saturated rings. The third kappa shape index (κ3) is 5.26. The van der Waals surface area contributed by atoms with E-state index in [0.29, 0.717) is 16.6 Å². The number of benzene rings is 1. The van der Waals surface area contributed by atoms with Gasteiger partial charge in [-0.2, -0.15) is 0 Å². The number of hydrogen-bond donors (Lipinski definition) is 1. The summed E-state index contributed by atoms with van der Waals surface area (Å²) in [5.41, 5.74) is 2.74. The Morgan fingerprint density at radius 3 is 2.67 bits per heavy atom. The minimum Gasteiger partial charge on any atom is -0.351 e. The smallest absolute Gasteiger partial charge is 0.230 e. The number of thioether (sulfide) groups is 1. The van der Waals surface area contributed by atoms with Crippen LogP contribution in [0.2, 0.25) is 5.02 Å². The number of aryl methyl sites for hydroxylation is 1. The van der Waals surface area contributed by atoms with Crippen LogP contribution in [0.4, 0.5) is 0 Å². The summed E-state index contributed by atoms with van der Waals surface area (Å²) >= 11 is 10.5. The maximum Gasteiger partial charge on any atom is 0.230 e. The molecule has 30 heavy (non-hydrogen) atoms. The van der Waals surface area contributed by atoms with Gasteiger partial charge in [-0.05, 0) is 48.2 Å². The van der Waals surface area contributed by atoms with Crippen molar-refractivity contribution in [1.29, 1.82) is 0 Å². The molecule has 0 atom stereocenters. The standard InChI is InChI=1S/C21H17ClN4OS3/c1-13-20(30-21(24-13)17-3-2-10-28-17)16-8-9-19(26-25-16)29-12-18(27)23-11-14-4-6-15(22)7-5-14/h2-10H,11-12H2,1H3,(H,23,27). The van der Waals surface area contributed by atoms with Crippen LogP contribution in [0.5, 0.6) is 0 Å². The molecule has 0 bridgehead atoms. The lowest BCUT2D eigenvalue weighted by atomic mass is 10.2. The highest BCUT2D eigenvalue weighted by Gasteiger charge is 2.14. The topological polar surface area (TPSA) is 67.8 Å². The number of carbonyl (C=O) groups is 1. The van der Waals surface area contributed by atoms with Crippen LogP contribution in [-0.2, 0) is 11.3 Å². The van der Waals surface area contributed by atoms with Gasteiger partial charge >= 0.3 is 0 Å². The Labute approximate surface area is 191 Å². The van der Waals surface area contributed by atoms with E-state index >= 15 is 0 Å². The molecular weight excluding hydrogens is 456 g/mol. The van der Waals surface area contributed by atoms with Crippen molar-refractivity contribution in [3.8, 4) is 20.5 Å². The largest absolute Gasteiger partial charge is 0.351 e. The van der Waals surface area contributed by atoms with Crippen molar-refractivity contribution < 1.29 is 4.79 Å². The number of halogens is 1. The number of hydrogen-bond acceptors (Lipinski definition) is 7. The van der Waals surface area contributed by atoms with Crippen molar-refractivity contribution in [2.45, 2.75) is 18.5 Å². The first-order chi connectivity index (χ1) is 14.6. The van der Waals surface area contributed by atoms with Gasteiger partial charge < -0.3 is 5.32 Å². The lowest BCUT2D eigenvalue weighted by Gasteiger charge is -2.05. The maximum absolute atomic E-state index is 12.1. The molecule has 3 aromatic heterocycles. The van der Waals surface area contributed by atoms with Crippen molar-refractivity contribution in [3.63, 3.8) is 0 Å². The fourth-order valence-corrected chi connectivity index (χ4v) is 5.25. The van der Waals surface area contributed by atoms with Crippen molar-refractivity contribution in [1.82, 2.24) is 20.5 Å². The van der Waals surface area contributed by atoms with E-state index < -0.39 is 0 Å². The number of carbonyl (C=O) groups excluding carboxylic acids is 1. The second kappa shape index (κ2) is 9.70. The highest BCUT2D eigenvalue weighted by Crippen LogP contribution is 2.36. The van der Waals surface area contributed by atoms with E-state index in [1.54, 1.807) is 22.7 Å². The SMILES string of the molecule is Cc1nc(-c2cccs2)sc1-c1ccc(SCC(=O)NCc2ccc(Cl)cc2)nn1.